The van der Waals surface area contributed by atoms with Gasteiger partial charge in [-0.3, -0.25) is 9.59 Å². The maximum absolute atomic E-state index is 11.6. The van der Waals surface area contributed by atoms with E-state index in [0.29, 0.717) is 10.2 Å². The monoisotopic (exact) mass is 423 g/mol. The molecule has 9 heteroatoms. The van der Waals surface area contributed by atoms with E-state index in [1.807, 2.05) is 0 Å². The van der Waals surface area contributed by atoms with Gasteiger partial charge in [-0.15, -0.1) is 0 Å². The summed E-state index contributed by atoms with van der Waals surface area (Å²) in [5, 5.41) is 19.4. The van der Waals surface area contributed by atoms with Crippen molar-refractivity contribution in [3.05, 3.63) is 27.1 Å². The number of nitrogens with one attached hydrogen (secondary N) is 1. The number of hydrogen-bond acceptors (Lipinski definition) is 4. The number of carbonyl (C=O) groups is 3. The lowest BCUT2D eigenvalue weighted by molar-refractivity contribution is -0.147. The number of ether oxygens (including phenoxy) is 1. The number of amides is 1. The van der Waals surface area contributed by atoms with Crippen LogP contribution in [-0.4, -0.2) is 40.7 Å². The average Bonchev–Trinajstić information content (AvgIpc) is 2.36. The van der Waals surface area contributed by atoms with Crippen molar-refractivity contribution in [2.24, 2.45) is 0 Å². The van der Waals surface area contributed by atoms with Gasteiger partial charge < -0.3 is 20.3 Å². The van der Waals surface area contributed by atoms with Crippen LogP contribution < -0.4 is 10.1 Å². The fourth-order valence-corrected chi connectivity index (χ4v) is 2.51. The normalized spacial score (nSPS) is 11.5. The molecule has 0 saturated heterocycles. The van der Waals surface area contributed by atoms with Gasteiger partial charge in [0.05, 0.1) is 10.9 Å². The molecule has 0 unspecified atom stereocenters. The summed E-state index contributed by atoms with van der Waals surface area (Å²) < 4.78 is 6.65. The lowest BCUT2D eigenvalue weighted by atomic mass is 10.2. The van der Waals surface area contributed by atoms with Gasteiger partial charge in [0.1, 0.15) is 11.8 Å². The predicted molar refractivity (Wildman–Crippen MR) is 79.2 cm³/mol. The van der Waals surface area contributed by atoms with Crippen LogP contribution in [0, 0.1) is 0 Å². The van der Waals surface area contributed by atoms with Crippen molar-refractivity contribution in [1.29, 1.82) is 0 Å². The van der Waals surface area contributed by atoms with Gasteiger partial charge in [0.25, 0.3) is 5.91 Å². The number of carboxylic acids is 2. The summed E-state index contributed by atoms with van der Waals surface area (Å²) in [7, 11) is 0. The first-order valence-electron chi connectivity index (χ1n) is 5.61. The third kappa shape index (κ3) is 6.13. The van der Waals surface area contributed by atoms with Crippen molar-refractivity contribution >= 4 is 49.7 Å². The van der Waals surface area contributed by atoms with E-state index < -0.39 is 36.9 Å². The lowest BCUT2D eigenvalue weighted by Gasteiger charge is -2.13. The average molecular weight is 425 g/mol. The highest BCUT2D eigenvalue weighted by atomic mass is 79.9. The summed E-state index contributed by atoms with van der Waals surface area (Å²) in [5.74, 6) is -3.06. The molecule has 0 aliphatic rings. The lowest BCUT2D eigenvalue weighted by Crippen LogP contribution is -2.44. The van der Waals surface area contributed by atoms with Crippen LogP contribution in [0.3, 0.4) is 0 Å². The van der Waals surface area contributed by atoms with E-state index in [4.69, 9.17) is 14.9 Å². The molecular weight excluding hydrogens is 414 g/mol. The second-order valence-corrected chi connectivity index (χ2v) is 5.69. The van der Waals surface area contributed by atoms with E-state index in [2.05, 4.69) is 37.2 Å². The number of halogens is 2. The van der Waals surface area contributed by atoms with Crippen LogP contribution in [0.5, 0.6) is 5.75 Å². The van der Waals surface area contributed by atoms with Gasteiger partial charge >= 0.3 is 11.9 Å². The molecule has 0 fully saturated rings. The molecule has 1 amide bonds. The van der Waals surface area contributed by atoms with Gasteiger partial charge in [-0.1, -0.05) is 15.9 Å². The molecule has 0 heterocycles. The standard InChI is InChI=1S/C12H11Br2NO6/c13-6-1-2-9(7(14)3-6)21-5-10(16)15-8(12(19)20)4-11(17)18/h1-3,8H,4-5H2,(H,15,16)(H,17,18)(H,19,20)/t8-/m1/s1. The molecule has 1 aromatic rings. The fraction of sp³-hybridized carbons (Fsp3) is 0.250. The maximum Gasteiger partial charge on any atom is 0.326 e. The van der Waals surface area contributed by atoms with Crippen LogP contribution >= 0.6 is 31.9 Å². The summed E-state index contributed by atoms with van der Waals surface area (Å²) in [6.07, 6.45) is -0.705. The second kappa shape index (κ2) is 7.99. The Kier molecular flexibility index (Phi) is 6.63. The van der Waals surface area contributed by atoms with E-state index in [0.717, 1.165) is 4.47 Å². The van der Waals surface area contributed by atoms with Gasteiger partial charge in [0, 0.05) is 4.47 Å². The Morgan fingerprint density at radius 3 is 2.43 bits per heavy atom. The first-order valence-corrected chi connectivity index (χ1v) is 7.20. The highest BCUT2D eigenvalue weighted by Gasteiger charge is 2.23. The SMILES string of the molecule is O=C(O)C[C@@H](NC(=O)COc1ccc(Br)cc1Br)C(=O)O. The minimum atomic E-state index is -1.49. The summed E-state index contributed by atoms with van der Waals surface area (Å²) in [5.41, 5.74) is 0. The summed E-state index contributed by atoms with van der Waals surface area (Å²) in [6.45, 7) is -0.427. The largest absolute Gasteiger partial charge is 0.483 e. The van der Waals surface area contributed by atoms with E-state index >= 15 is 0 Å². The van der Waals surface area contributed by atoms with Crippen molar-refractivity contribution in [2.75, 3.05) is 6.61 Å². The Balaban J connectivity index is 2.56. The molecule has 0 aliphatic carbocycles. The smallest absolute Gasteiger partial charge is 0.326 e. The number of aliphatic carboxylic acids is 2. The van der Waals surface area contributed by atoms with E-state index in [9.17, 15) is 14.4 Å². The quantitative estimate of drug-likeness (QED) is 0.613. The third-order valence-corrected chi connectivity index (χ3v) is 3.38. The molecule has 0 aliphatic heterocycles. The van der Waals surface area contributed by atoms with E-state index in [-0.39, 0.29) is 0 Å². The molecule has 1 aromatic carbocycles. The van der Waals surface area contributed by atoms with Crippen LogP contribution in [0.1, 0.15) is 6.42 Å². The molecule has 1 rings (SSSR count). The first-order chi connectivity index (χ1) is 9.79. The molecule has 21 heavy (non-hydrogen) atoms. The number of carbonyl (C=O) groups excluding carboxylic acids is 1. The third-order valence-electron chi connectivity index (χ3n) is 2.26. The molecule has 7 nitrogen and oxygen atoms in total. The fourth-order valence-electron chi connectivity index (χ4n) is 1.35. The summed E-state index contributed by atoms with van der Waals surface area (Å²) >= 11 is 6.51. The maximum atomic E-state index is 11.6. The first kappa shape index (κ1) is 17.4. The number of benzene rings is 1. The Morgan fingerprint density at radius 1 is 1.24 bits per heavy atom. The molecular formula is C12H11Br2NO6. The number of carboxylic acid groups (broad SMARTS) is 2. The molecule has 0 aromatic heterocycles. The molecule has 0 saturated carbocycles. The molecule has 1 atom stereocenters. The predicted octanol–water partition coefficient (Wildman–Crippen LogP) is 1.63. The van der Waals surface area contributed by atoms with Crippen molar-refractivity contribution in [2.45, 2.75) is 12.5 Å². The molecule has 0 spiro atoms. The molecule has 0 radical (unpaired) electrons. The van der Waals surface area contributed by atoms with E-state index in [1.165, 1.54) is 0 Å². The van der Waals surface area contributed by atoms with Gasteiger partial charge in [-0.2, -0.15) is 0 Å². The molecule has 0 bridgehead atoms. The van der Waals surface area contributed by atoms with Gasteiger partial charge in [0.15, 0.2) is 6.61 Å². The molecule has 3 N–H and O–H groups in total. The minimum absolute atomic E-state index is 0.401. The Morgan fingerprint density at radius 2 is 1.90 bits per heavy atom. The van der Waals surface area contributed by atoms with Crippen LogP contribution in [-0.2, 0) is 14.4 Å². The van der Waals surface area contributed by atoms with Crippen molar-refractivity contribution in [3.8, 4) is 5.75 Å². The Labute approximate surface area is 136 Å². The van der Waals surface area contributed by atoms with Crippen LogP contribution in [0.2, 0.25) is 0 Å². The number of hydrogen-bond donors (Lipinski definition) is 3. The summed E-state index contributed by atoms with van der Waals surface area (Å²) in [4.78, 5) is 32.9. The van der Waals surface area contributed by atoms with E-state index in [1.54, 1.807) is 18.2 Å². The van der Waals surface area contributed by atoms with Crippen molar-refractivity contribution < 1.29 is 29.3 Å². The minimum Gasteiger partial charge on any atom is -0.483 e. The molecule has 114 valence electrons. The Hall–Kier alpha value is -1.61. The van der Waals surface area contributed by atoms with Crippen molar-refractivity contribution in [3.63, 3.8) is 0 Å². The zero-order chi connectivity index (χ0) is 16.0. The van der Waals surface area contributed by atoms with Gasteiger partial charge in [-0.05, 0) is 34.1 Å². The topological polar surface area (TPSA) is 113 Å². The van der Waals surface area contributed by atoms with Crippen molar-refractivity contribution in [1.82, 2.24) is 5.32 Å². The second-order valence-electron chi connectivity index (χ2n) is 3.92. The zero-order valence-corrected chi connectivity index (χ0v) is 13.7. The van der Waals surface area contributed by atoms with Crippen LogP contribution in [0.25, 0.3) is 0 Å². The van der Waals surface area contributed by atoms with Crippen LogP contribution in [0.15, 0.2) is 27.1 Å². The summed E-state index contributed by atoms with van der Waals surface area (Å²) in [6, 6.07) is 3.56. The van der Waals surface area contributed by atoms with Gasteiger partial charge in [0.2, 0.25) is 0 Å². The highest BCUT2D eigenvalue weighted by molar-refractivity contribution is 9.11. The zero-order valence-electron chi connectivity index (χ0n) is 10.5. The highest BCUT2D eigenvalue weighted by Crippen LogP contribution is 2.28. The number of rotatable bonds is 7. The van der Waals surface area contributed by atoms with Crippen LogP contribution in [0.4, 0.5) is 0 Å². The van der Waals surface area contributed by atoms with Gasteiger partial charge in [-0.25, -0.2) is 4.79 Å². The Bertz CT molecular complexity index is 563.